The van der Waals surface area contributed by atoms with Gasteiger partial charge in [-0.05, 0) is 98.0 Å². The van der Waals surface area contributed by atoms with Crippen LogP contribution in [0.4, 0.5) is 37.7 Å². The van der Waals surface area contributed by atoms with Crippen molar-refractivity contribution >= 4 is 34.4 Å². The van der Waals surface area contributed by atoms with Gasteiger partial charge in [-0.3, -0.25) is 13.6 Å². The third-order valence-corrected chi connectivity index (χ3v) is 10.3. The highest BCUT2D eigenvalue weighted by molar-refractivity contribution is 5.98. The third-order valence-electron chi connectivity index (χ3n) is 10.3. The Kier molecular flexibility index (Phi) is 13.7. The molecule has 1 saturated carbocycles. The number of hydrogen-bond acceptors (Lipinski definition) is 8. The summed E-state index contributed by atoms with van der Waals surface area (Å²) in [6.45, 7) is 2.86. The van der Waals surface area contributed by atoms with Gasteiger partial charge in [0.25, 0.3) is 0 Å². The van der Waals surface area contributed by atoms with Gasteiger partial charge in [0.2, 0.25) is 0 Å². The number of anilines is 2. The van der Waals surface area contributed by atoms with Crippen LogP contribution in [0.2, 0.25) is 0 Å². The Labute approximate surface area is 347 Å². The number of nitrogens with one attached hydrogen (secondary N) is 2. The Morgan fingerprint density at radius 3 is 1.52 bits per heavy atom. The molecule has 1 aliphatic carbocycles. The molecule has 5 N–H and O–H groups in total. The van der Waals surface area contributed by atoms with Crippen LogP contribution in [0.5, 0.6) is 0 Å². The highest BCUT2D eigenvalue weighted by atomic mass is 19.4. The number of aromatic carboxylic acids is 1. The molecule has 0 atom stereocenters. The van der Waals surface area contributed by atoms with Gasteiger partial charge in [0.15, 0.2) is 17.1 Å². The van der Waals surface area contributed by atoms with Crippen LogP contribution in [0, 0.1) is 19.8 Å². The van der Waals surface area contributed by atoms with E-state index < -0.39 is 31.2 Å². The van der Waals surface area contributed by atoms with Gasteiger partial charge in [0, 0.05) is 61.8 Å². The van der Waals surface area contributed by atoms with Crippen molar-refractivity contribution in [2.75, 3.05) is 36.9 Å². The van der Waals surface area contributed by atoms with Gasteiger partial charge in [-0.25, -0.2) is 14.8 Å². The quantitative estimate of drug-likeness (QED) is 0.0474. The number of aryl methyl sites for hydroxylation is 2. The van der Waals surface area contributed by atoms with Crippen LogP contribution >= 0.6 is 0 Å². The number of alkyl halides is 6. The molecule has 11 nitrogen and oxygen atoms in total. The van der Waals surface area contributed by atoms with Crippen molar-refractivity contribution in [2.45, 2.75) is 71.1 Å². The van der Waals surface area contributed by atoms with Gasteiger partial charge in [0.1, 0.15) is 0 Å². The van der Waals surface area contributed by atoms with Gasteiger partial charge in [-0.2, -0.15) is 26.3 Å². The van der Waals surface area contributed by atoms with Crippen LogP contribution < -0.4 is 10.6 Å². The van der Waals surface area contributed by atoms with Crippen molar-refractivity contribution < 1.29 is 51.3 Å². The van der Waals surface area contributed by atoms with Crippen LogP contribution in [0.25, 0.3) is 33.8 Å². The fourth-order valence-corrected chi connectivity index (χ4v) is 7.08. The number of pyridine rings is 2. The van der Waals surface area contributed by atoms with Gasteiger partial charge < -0.3 is 26.0 Å². The number of Topliss-reactive ketones (excluding diaryl/α,β-unsaturated/α-hetero) is 1. The molecule has 324 valence electrons. The minimum absolute atomic E-state index is 0.0750. The number of carbonyl (C=O) groups is 2. The molecule has 6 aromatic rings. The number of halogens is 6. The first-order valence-electron chi connectivity index (χ1n) is 19.8. The number of rotatable bonds is 16. The smallest absolute Gasteiger partial charge is 0.390 e. The predicted octanol–water partition coefficient (Wildman–Crippen LogP) is 9.10. The topological polar surface area (TPSA) is 153 Å². The zero-order valence-corrected chi connectivity index (χ0v) is 33.5. The van der Waals surface area contributed by atoms with E-state index in [0.29, 0.717) is 59.1 Å². The van der Waals surface area contributed by atoms with Crippen LogP contribution in [-0.2, 0) is 12.8 Å². The monoisotopic (exact) mass is 852 g/mol. The van der Waals surface area contributed by atoms with E-state index in [1.54, 1.807) is 54.2 Å². The molecule has 1 aliphatic rings. The summed E-state index contributed by atoms with van der Waals surface area (Å²) < 4.78 is 78.8. The second kappa shape index (κ2) is 18.8. The Hall–Kier alpha value is -5.94. The Morgan fingerprint density at radius 2 is 1.15 bits per heavy atom. The second-order valence-corrected chi connectivity index (χ2v) is 15.2. The molecule has 4 aromatic heterocycles. The summed E-state index contributed by atoms with van der Waals surface area (Å²) in [5.74, 6) is -0.335. The molecule has 0 bridgehead atoms. The number of aromatic nitrogens is 4. The Morgan fingerprint density at radius 1 is 0.705 bits per heavy atom. The standard InChI is InChI=1S/C24H26F3N3O2.C20H20F3N3O3/c1-15-10-18(4-5-19(15)22(32)12-16-2-3-16)21-13-29-23-20(28-8-7-24(25,26)27)11-17(6-9-31)14-30(21)23;1-12-8-14(2-3-15(12)19(28)29)17-10-25-18-16(24-6-5-20(21,22)23)9-13(4-7-27)11-26(17)18/h4-5,10-11,13-14,16,28,31H,2-3,6-9,12H2,1H3;2-3,8-11,24,27H,4-7H2,1H3,(H,28,29). The summed E-state index contributed by atoms with van der Waals surface area (Å²) in [5.41, 5.74) is 8.80. The summed E-state index contributed by atoms with van der Waals surface area (Å²) in [5, 5.41) is 33.5. The molecule has 0 amide bonds. The molecule has 0 saturated heterocycles. The largest absolute Gasteiger partial charge is 0.478 e. The number of aliphatic hydroxyl groups excluding tert-OH is 2. The maximum Gasteiger partial charge on any atom is 0.390 e. The lowest BCUT2D eigenvalue weighted by Crippen LogP contribution is -2.15. The predicted molar refractivity (Wildman–Crippen MR) is 219 cm³/mol. The third kappa shape index (κ3) is 11.5. The number of nitrogens with zero attached hydrogens (tertiary/aromatic N) is 4. The van der Waals surface area contributed by atoms with Crippen molar-refractivity contribution in [1.29, 1.82) is 0 Å². The number of hydrogen-bond donors (Lipinski definition) is 5. The van der Waals surface area contributed by atoms with Crippen LogP contribution in [0.1, 0.15) is 75.1 Å². The van der Waals surface area contributed by atoms with E-state index in [9.17, 15) is 51.3 Å². The van der Waals surface area contributed by atoms with Gasteiger partial charge in [0.05, 0.1) is 53.6 Å². The molecule has 61 heavy (non-hydrogen) atoms. The highest BCUT2D eigenvalue weighted by Gasteiger charge is 2.28. The molecule has 2 aromatic carbocycles. The van der Waals surface area contributed by atoms with E-state index in [-0.39, 0.29) is 37.6 Å². The van der Waals surface area contributed by atoms with Gasteiger partial charge in [-0.15, -0.1) is 0 Å². The molecule has 17 heteroatoms. The van der Waals surface area contributed by atoms with Crippen molar-refractivity contribution in [3.63, 3.8) is 0 Å². The van der Waals surface area contributed by atoms with E-state index >= 15 is 0 Å². The second-order valence-electron chi connectivity index (χ2n) is 15.2. The average Bonchev–Trinajstić information content (AvgIpc) is 3.72. The molecule has 1 fully saturated rings. The molecular formula is C44H46F6N6O5. The first-order valence-corrected chi connectivity index (χ1v) is 19.8. The number of carboxylic acids is 1. The minimum atomic E-state index is -4.27. The molecule has 0 unspecified atom stereocenters. The highest BCUT2D eigenvalue weighted by Crippen LogP contribution is 2.35. The Balaban J connectivity index is 0.000000205. The number of benzene rings is 2. The zero-order valence-electron chi connectivity index (χ0n) is 33.5. The summed E-state index contributed by atoms with van der Waals surface area (Å²) in [6.07, 6.45) is -0.0390. The average molecular weight is 853 g/mol. The zero-order chi connectivity index (χ0) is 44.1. The normalized spacial score (nSPS) is 13.0. The van der Waals surface area contributed by atoms with Crippen LogP contribution in [0.3, 0.4) is 0 Å². The number of carboxylic acid groups (broad SMARTS) is 1. The summed E-state index contributed by atoms with van der Waals surface area (Å²) in [7, 11) is 0. The molecular weight excluding hydrogens is 807 g/mol. The first kappa shape index (κ1) is 44.6. The fraction of sp³-hybridized carbons (Fsp3) is 0.364. The molecule has 0 aliphatic heterocycles. The molecule has 0 radical (unpaired) electrons. The maximum atomic E-state index is 12.6. The lowest BCUT2D eigenvalue weighted by Gasteiger charge is -2.13. The summed E-state index contributed by atoms with van der Waals surface area (Å²) in [4.78, 5) is 32.5. The molecule has 0 spiro atoms. The Bertz CT molecular complexity index is 2530. The van der Waals surface area contributed by atoms with E-state index in [4.69, 9.17) is 0 Å². The van der Waals surface area contributed by atoms with E-state index in [1.165, 1.54) is 6.07 Å². The van der Waals surface area contributed by atoms with Crippen molar-refractivity contribution in [3.8, 4) is 22.5 Å². The van der Waals surface area contributed by atoms with Gasteiger partial charge in [-0.1, -0.05) is 18.2 Å². The number of carbonyl (C=O) groups excluding carboxylic acids is 1. The van der Waals surface area contributed by atoms with Crippen molar-refractivity contribution in [3.05, 3.63) is 107 Å². The van der Waals surface area contributed by atoms with Crippen LogP contribution in [0.15, 0.2) is 73.3 Å². The fourth-order valence-electron chi connectivity index (χ4n) is 7.08. The summed E-state index contributed by atoms with van der Waals surface area (Å²) >= 11 is 0. The number of fused-ring (bicyclic) bond motifs is 2. The maximum absolute atomic E-state index is 12.6. The molecule has 7 rings (SSSR count). The van der Waals surface area contributed by atoms with E-state index in [1.807, 2.05) is 35.7 Å². The minimum Gasteiger partial charge on any atom is -0.478 e. The van der Waals surface area contributed by atoms with Crippen molar-refractivity contribution in [1.82, 2.24) is 18.8 Å². The lowest BCUT2D eigenvalue weighted by atomic mass is 9.98. The van der Waals surface area contributed by atoms with Crippen molar-refractivity contribution in [2.24, 2.45) is 5.92 Å². The summed E-state index contributed by atoms with van der Waals surface area (Å²) in [6, 6.07) is 14.0. The van der Waals surface area contributed by atoms with Crippen LogP contribution in [-0.4, -0.2) is 84.5 Å². The number of imidazole rings is 2. The van der Waals surface area contributed by atoms with E-state index in [0.717, 1.165) is 51.9 Å². The number of aliphatic hydroxyl groups is 2. The van der Waals surface area contributed by atoms with Gasteiger partial charge >= 0.3 is 18.3 Å². The van der Waals surface area contributed by atoms with E-state index in [2.05, 4.69) is 20.6 Å². The SMILES string of the molecule is Cc1cc(-c2cnc3c(NCCC(F)(F)F)cc(CCO)cn23)ccc1C(=O)CC1CC1.Cc1cc(-c2cnc3c(NCCC(F)(F)F)cc(CCO)cn23)ccc1C(=O)O. The first-order chi connectivity index (χ1) is 28.9. The number of ketones is 1. The molecule has 4 heterocycles. The lowest BCUT2D eigenvalue weighted by molar-refractivity contribution is -0.132.